The quantitative estimate of drug-likeness (QED) is 0.725. The van der Waals surface area contributed by atoms with Gasteiger partial charge in [0.15, 0.2) is 0 Å². The molecule has 2 nitrogen and oxygen atoms in total. The highest BCUT2D eigenvalue weighted by Gasteiger charge is 1.96. The van der Waals surface area contributed by atoms with E-state index in [1.807, 2.05) is 35.0 Å². The first-order chi connectivity index (χ1) is 6.90. The van der Waals surface area contributed by atoms with Gasteiger partial charge in [-0.25, -0.2) is 4.39 Å². The molecular formula is C11H9FNO. The van der Waals surface area contributed by atoms with Crippen molar-refractivity contribution < 1.29 is 9.13 Å². The molecule has 0 atom stereocenters. The van der Waals surface area contributed by atoms with Crippen molar-refractivity contribution in [1.82, 2.24) is 4.57 Å². The van der Waals surface area contributed by atoms with E-state index in [2.05, 4.69) is 6.20 Å². The minimum absolute atomic E-state index is 0.531. The first-order valence-electron chi connectivity index (χ1n) is 4.24. The minimum Gasteiger partial charge on any atom is -0.463 e. The summed E-state index contributed by atoms with van der Waals surface area (Å²) in [4.78, 5) is 0. The molecule has 0 saturated heterocycles. The molecule has 3 heteroatoms. The van der Waals surface area contributed by atoms with Crippen LogP contribution < -0.4 is 4.74 Å². The maximum absolute atomic E-state index is 11.8. The van der Waals surface area contributed by atoms with Crippen LogP contribution in [-0.2, 0) is 0 Å². The van der Waals surface area contributed by atoms with E-state index >= 15 is 0 Å². The Morgan fingerprint density at radius 3 is 2.64 bits per heavy atom. The van der Waals surface area contributed by atoms with Crippen LogP contribution in [0.4, 0.5) is 4.39 Å². The van der Waals surface area contributed by atoms with Gasteiger partial charge < -0.3 is 9.30 Å². The summed E-state index contributed by atoms with van der Waals surface area (Å²) in [5.41, 5.74) is 0.973. The smallest absolute Gasteiger partial charge is 0.228 e. The molecular weight excluding hydrogens is 181 g/mol. The molecule has 0 unspecified atom stereocenters. The maximum atomic E-state index is 11.8. The summed E-state index contributed by atoms with van der Waals surface area (Å²) in [7, 11) is 0. The largest absolute Gasteiger partial charge is 0.463 e. The summed E-state index contributed by atoms with van der Waals surface area (Å²) in [5, 5.41) is 0. The van der Waals surface area contributed by atoms with Crippen LogP contribution in [0.15, 0.2) is 42.6 Å². The van der Waals surface area contributed by atoms with Gasteiger partial charge in [-0.3, -0.25) is 0 Å². The summed E-state index contributed by atoms with van der Waals surface area (Å²) < 4.78 is 18.4. The molecule has 0 bridgehead atoms. The van der Waals surface area contributed by atoms with E-state index < -0.39 is 6.86 Å². The van der Waals surface area contributed by atoms with Crippen molar-refractivity contribution in [2.45, 2.75) is 0 Å². The Balaban J connectivity index is 2.22. The summed E-state index contributed by atoms with van der Waals surface area (Å²) in [6, 6.07) is 10.9. The highest BCUT2D eigenvalue weighted by Crippen LogP contribution is 2.15. The van der Waals surface area contributed by atoms with Gasteiger partial charge in [-0.1, -0.05) is 0 Å². The van der Waals surface area contributed by atoms with Gasteiger partial charge in [0.1, 0.15) is 5.75 Å². The van der Waals surface area contributed by atoms with E-state index in [1.54, 1.807) is 12.1 Å². The first kappa shape index (κ1) is 8.81. The molecule has 0 spiro atoms. The molecule has 0 aliphatic rings. The molecule has 0 N–H and O–H groups in total. The van der Waals surface area contributed by atoms with Crippen LogP contribution in [0.5, 0.6) is 5.75 Å². The number of aromatic nitrogens is 1. The Labute approximate surface area is 81.6 Å². The lowest BCUT2D eigenvalue weighted by Gasteiger charge is -2.04. The van der Waals surface area contributed by atoms with Crippen molar-refractivity contribution in [3.63, 3.8) is 0 Å². The second-order valence-corrected chi connectivity index (χ2v) is 2.75. The number of benzene rings is 1. The predicted octanol–water partition coefficient (Wildman–Crippen LogP) is 2.58. The van der Waals surface area contributed by atoms with Crippen LogP contribution in [0.1, 0.15) is 0 Å². The summed E-state index contributed by atoms with van der Waals surface area (Å²) in [6.45, 7) is -0.797. The van der Waals surface area contributed by atoms with Gasteiger partial charge in [-0.2, -0.15) is 0 Å². The summed E-state index contributed by atoms with van der Waals surface area (Å²) in [6.07, 6.45) is 4.90. The molecule has 1 radical (unpaired) electrons. The fourth-order valence-electron chi connectivity index (χ4n) is 1.22. The number of hydrogen-bond donors (Lipinski definition) is 0. The molecule has 14 heavy (non-hydrogen) atoms. The van der Waals surface area contributed by atoms with E-state index in [1.165, 1.54) is 0 Å². The Hall–Kier alpha value is -1.77. The molecule has 1 aromatic carbocycles. The monoisotopic (exact) mass is 190 g/mol. The van der Waals surface area contributed by atoms with Crippen molar-refractivity contribution in [1.29, 1.82) is 0 Å². The van der Waals surface area contributed by atoms with Crippen molar-refractivity contribution >= 4 is 0 Å². The molecule has 0 amide bonds. The Kier molecular flexibility index (Phi) is 2.49. The third kappa shape index (κ3) is 1.76. The van der Waals surface area contributed by atoms with E-state index in [4.69, 9.17) is 4.74 Å². The van der Waals surface area contributed by atoms with Gasteiger partial charge >= 0.3 is 0 Å². The second kappa shape index (κ2) is 3.96. The van der Waals surface area contributed by atoms with E-state index in [9.17, 15) is 4.39 Å². The van der Waals surface area contributed by atoms with Gasteiger partial charge in [0, 0.05) is 11.9 Å². The van der Waals surface area contributed by atoms with Crippen LogP contribution in [0.25, 0.3) is 5.69 Å². The van der Waals surface area contributed by atoms with E-state index in [-0.39, 0.29) is 0 Å². The molecule has 0 aliphatic heterocycles. The topological polar surface area (TPSA) is 14.2 Å². The van der Waals surface area contributed by atoms with Crippen molar-refractivity contribution in [3.05, 3.63) is 48.8 Å². The molecule has 1 aromatic heterocycles. The van der Waals surface area contributed by atoms with Crippen LogP contribution >= 0.6 is 0 Å². The van der Waals surface area contributed by atoms with Crippen LogP contribution in [0, 0.1) is 6.20 Å². The highest BCUT2D eigenvalue weighted by atomic mass is 19.1. The van der Waals surface area contributed by atoms with Crippen molar-refractivity contribution in [2.75, 3.05) is 6.86 Å². The molecule has 0 fully saturated rings. The SMILES string of the molecule is FCOc1ccc(-n2[c]ccc2)cc1. The summed E-state index contributed by atoms with van der Waals surface area (Å²) >= 11 is 0. The van der Waals surface area contributed by atoms with Gasteiger partial charge in [0.2, 0.25) is 6.86 Å². The van der Waals surface area contributed by atoms with E-state index in [0.29, 0.717) is 5.75 Å². The molecule has 2 aromatic rings. The van der Waals surface area contributed by atoms with Crippen LogP contribution in [-0.4, -0.2) is 11.4 Å². The number of hydrogen-bond acceptors (Lipinski definition) is 1. The lowest BCUT2D eigenvalue weighted by molar-refractivity contribution is 0.192. The predicted molar refractivity (Wildman–Crippen MR) is 51.2 cm³/mol. The summed E-state index contributed by atoms with van der Waals surface area (Å²) in [5.74, 6) is 0.531. The van der Waals surface area contributed by atoms with Crippen molar-refractivity contribution in [2.24, 2.45) is 0 Å². The third-order valence-electron chi connectivity index (χ3n) is 1.88. The second-order valence-electron chi connectivity index (χ2n) is 2.75. The Bertz CT molecular complexity index is 380. The number of ether oxygens (including phenoxy) is 1. The fraction of sp³-hybridized carbons (Fsp3) is 0.0909. The van der Waals surface area contributed by atoms with Crippen LogP contribution in [0.2, 0.25) is 0 Å². The molecule has 0 saturated carbocycles. The zero-order chi connectivity index (χ0) is 9.80. The molecule has 2 rings (SSSR count). The van der Waals surface area contributed by atoms with Gasteiger partial charge in [0.25, 0.3) is 0 Å². The van der Waals surface area contributed by atoms with Gasteiger partial charge in [-0.05, 0) is 36.4 Å². The standard InChI is InChI=1S/C11H9FNO/c12-9-14-11-5-3-10(4-6-11)13-7-1-2-8-13/h1-7H,9H2. The zero-order valence-corrected chi connectivity index (χ0v) is 7.48. The Morgan fingerprint density at radius 2 is 2.07 bits per heavy atom. The number of alkyl halides is 1. The Morgan fingerprint density at radius 1 is 1.29 bits per heavy atom. The molecule has 71 valence electrons. The molecule has 0 aliphatic carbocycles. The number of nitrogens with zero attached hydrogens (tertiary/aromatic N) is 1. The average molecular weight is 190 g/mol. The van der Waals surface area contributed by atoms with E-state index in [0.717, 1.165) is 5.69 Å². The minimum atomic E-state index is -0.797. The third-order valence-corrected chi connectivity index (χ3v) is 1.88. The average Bonchev–Trinajstić information content (AvgIpc) is 2.72. The molecule has 1 heterocycles. The van der Waals surface area contributed by atoms with Gasteiger partial charge in [-0.15, -0.1) is 0 Å². The van der Waals surface area contributed by atoms with Crippen molar-refractivity contribution in [3.8, 4) is 11.4 Å². The van der Waals surface area contributed by atoms with Crippen LogP contribution in [0.3, 0.4) is 0 Å². The number of halogens is 1. The lowest BCUT2D eigenvalue weighted by atomic mass is 10.3. The normalized spacial score (nSPS) is 10.1. The zero-order valence-electron chi connectivity index (χ0n) is 7.48. The van der Waals surface area contributed by atoms with Gasteiger partial charge in [0.05, 0.1) is 6.20 Å². The maximum Gasteiger partial charge on any atom is 0.228 e. The lowest BCUT2D eigenvalue weighted by Crippen LogP contribution is -1.92. The fourth-order valence-corrected chi connectivity index (χ4v) is 1.22. The number of rotatable bonds is 3. The highest BCUT2D eigenvalue weighted by molar-refractivity contribution is 5.37. The first-order valence-corrected chi connectivity index (χ1v) is 4.24.